The number of nitrogens with zero attached hydrogens (tertiary/aromatic N) is 1. The maximum atomic E-state index is 13.7. The molecule has 1 heterocycles. The zero-order valence-corrected chi connectivity index (χ0v) is 12.1. The molecule has 0 aliphatic carbocycles. The molecule has 21 heavy (non-hydrogen) atoms. The van der Waals surface area contributed by atoms with Crippen LogP contribution in [0.3, 0.4) is 0 Å². The molecule has 1 aromatic heterocycles. The van der Waals surface area contributed by atoms with E-state index in [2.05, 4.69) is 5.32 Å². The van der Waals surface area contributed by atoms with Crippen LogP contribution in [0.5, 0.6) is 0 Å². The van der Waals surface area contributed by atoms with E-state index in [0.29, 0.717) is 12.2 Å². The maximum absolute atomic E-state index is 13.7. The molecule has 0 saturated carbocycles. The van der Waals surface area contributed by atoms with E-state index >= 15 is 0 Å². The zero-order chi connectivity index (χ0) is 15.4. The van der Waals surface area contributed by atoms with Crippen LogP contribution in [0.2, 0.25) is 0 Å². The molecule has 0 spiro atoms. The number of nitrogens with one attached hydrogen (secondary N) is 1. The van der Waals surface area contributed by atoms with Crippen LogP contribution in [-0.4, -0.2) is 4.57 Å². The van der Waals surface area contributed by atoms with Crippen LogP contribution in [0.15, 0.2) is 41.3 Å². The van der Waals surface area contributed by atoms with Gasteiger partial charge in [-0.1, -0.05) is 6.92 Å². The first-order chi connectivity index (χ1) is 10.0. The van der Waals surface area contributed by atoms with Gasteiger partial charge in [-0.15, -0.1) is 0 Å². The summed E-state index contributed by atoms with van der Waals surface area (Å²) in [6, 6.07) is 6.07. The third-order valence-electron chi connectivity index (χ3n) is 3.26. The van der Waals surface area contributed by atoms with Crippen molar-refractivity contribution in [1.82, 2.24) is 4.57 Å². The van der Waals surface area contributed by atoms with Crippen LogP contribution < -0.4 is 10.9 Å². The Labute approximate surface area is 122 Å². The molecule has 0 aliphatic rings. The van der Waals surface area contributed by atoms with Crippen LogP contribution in [0.1, 0.15) is 31.9 Å². The SMILES string of the molecule is CCCn1cc(NC(C)c2cc(F)ccc2F)ccc1=O. The van der Waals surface area contributed by atoms with Crippen LogP contribution in [0.25, 0.3) is 0 Å². The molecule has 0 bridgehead atoms. The van der Waals surface area contributed by atoms with Gasteiger partial charge in [0.2, 0.25) is 0 Å². The smallest absolute Gasteiger partial charge is 0.250 e. The van der Waals surface area contributed by atoms with E-state index in [1.54, 1.807) is 23.8 Å². The normalized spacial score (nSPS) is 12.2. The van der Waals surface area contributed by atoms with Gasteiger partial charge in [-0.05, 0) is 37.6 Å². The Morgan fingerprint density at radius 3 is 2.71 bits per heavy atom. The van der Waals surface area contributed by atoms with Gasteiger partial charge in [0.25, 0.3) is 5.56 Å². The second-order valence-electron chi connectivity index (χ2n) is 4.98. The molecule has 0 aliphatic heterocycles. The Kier molecular flexibility index (Phi) is 4.73. The quantitative estimate of drug-likeness (QED) is 0.911. The minimum absolute atomic E-state index is 0.0769. The Balaban J connectivity index is 2.23. The highest BCUT2D eigenvalue weighted by Gasteiger charge is 2.12. The number of aryl methyl sites for hydroxylation is 1. The highest BCUT2D eigenvalue weighted by molar-refractivity contribution is 5.43. The maximum Gasteiger partial charge on any atom is 0.250 e. The van der Waals surface area contributed by atoms with Crippen molar-refractivity contribution in [3.63, 3.8) is 0 Å². The minimum atomic E-state index is -0.476. The van der Waals surface area contributed by atoms with E-state index in [1.807, 2.05) is 6.92 Å². The van der Waals surface area contributed by atoms with Crippen molar-refractivity contribution in [3.8, 4) is 0 Å². The molecule has 1 unspecified atom stereocenters. The number of hydrogen-bond donors (Lipinski definition) is 1. The largest absolute Gasteiger partial charge is 0.377 e. The third kappa shape index (κ3) is 3.68. The first-order valence-electron chi connectivity index (χ1n) is 6.93. The summed E-state index contributed by atoms with van der Waals surface area (Å²) in [5.74, 6) is -0.936. The zero-order valence-electron chi connectivity index (χ0n) is 12.1. The molecule has 5 heteroatoms. The van der Waals surface area contributed by atoms with Crippen LogP contribution >= 0.6 is 0 Å². The number of pyridine rings is 1. The molecule has 2 aromatic rings. The number of hydrogen-bond acceptors (Lipinski definition) is 2. The number of halogens is 2. The van der Waals surface area contributed by atoms with Crippen LogP contribution in [0.4, 0.5) is 14.5 Å². The van der Waals surface area contributed by atoms with Crippen molar-refractivity contribution in [1.29, 1.82) is 0 Å². The summed E-state index contributed by atoms with van der Waals surface area (Å²) in [4.78, 5) is 11.6. The predicted octanol–water partition coefficient (Wildman–Crippen LogP) is 3.71. The van der Waals surface area contributed by atoms with Gasteiger partial charge in [-0.3, -0.25) is 4.79 Å². The average molecular weight is 292 g/mol. The third-order valence-corrected chi connectivity index (χ3v) is 3.26. The van der Waals surface area contributed by atoms with Gasteiger partial charge in [-0.2, -0.15) is 0 Å². The van der Waals surface area contributed by atoms with Crippen molar-refractivity contribution in [2.45, 2.75) is 32.9 Å². The van der Waals surface area contributed by atoms with Crippen molar-refractivity contribution in [3.05, 3.63) is 64.1 Å². The van der Waals surface area contributed by atoms with E-state index in [-0.39, 0.29) is 11.1 Å². The van der Waals surface area contributed by atoms with E-state index in [4.69, 9.17) is 0 Å². The first kappa shape index (κ1) is 15.2. The second-order valence-corrected chi connectivity index (χ2v) is 4.98. The molecule has 112 valence electrons. The molecule has 3 nitrogen and oxygen atoms in total. The van der Waals surface area contributed by atoms with E-state index < -0.39 is 17.7 Å². The number of benzene rings is 1. The average Bonchev–Trinajstić information content (AvgIpc) is 2.45. The van der Waals surface area contributed by atoms with Gasteiger partial charge in [0, 0.05) is 24.4 Å². The summed E-state index contributed by atoms with van der Waals surface area (Å²) in [6.45, 7) is 4.35. The van der Waals surface area contributed by atoms with Crippen LogP contribution in [-0.2, 0) is 6.54 Å². The van der Waals surface area contributed by atoms with Crippen molar-refractivity contribution < 1.29 is 8.78 Å². The van der Waals surface area contributed by atoms with E-state index in [0.717, 1.165) is 18.6 Å². The Hall–Kier alpha value is -2.17. The molecular weight excluding hydrogens is 274 g/mol. The van der Waals surface area contributed by atoms with Crippen molar-refractivity contribution in [2.75, 3.05) is 5.32 Å². The Morgan fingerprint density at radius 1 is 1.24 bits per heavy atom. The van der Waals surface area contributed by atoms with Gasteiger partial charge in [0.1, 0.15) is 11.6 Å². The van der Waals surface area contributed by atoms with E-state index in [9.17, 15) is 13.6 Å². The van der Waals surface area contributed by atoms with E-state index in [1.165, 1.54) is 12.1 Å². The van der Waals surface area contributed by atoms with Crippen LogP contribution in [0, 0.1) is 11.6 Å². The second kappa shape index (κ2) is 6.52. The fourth-order valence-electron chi connectivity index (χ4n) is 2.21. The molecule has 1 aromatic carbocycles. The molecule has 0 radical (unpaired) electrons. The fraction of sp³-hybridized carbons (Fsp3) is 0.312. The Bertz CT molecular complexity index is 682. The first-order valence-corrected chi connectivity index (χ1v) is 6.93. The topological polar surface area (TPSA) is 34.0 Å². The summed E-state index contributed by atoms with van der Waals surface area (Å²) in [6.07, 6.45) is 2.54. The summed E-state index contributed by atoms with van der Waals surface area (Å²) >= 11 is 0. The summed E-state index contributed by atoms with van der Waals surface area (Å²) < 4.78 is 28.5. The summed E-state index contributed by atoms with van der Waals surface area (Å²) in [5, 5.41) is 3.09. The molecule has 0 saturated heterocycles. The molecule has 1 N–H and O–H groups in total. The number of anilines is 1. The van der Waals surface area contributed by atoms with Crippen molar-refractivity contribution >= 4 is 5.69 Å². The molecule has 0 amide bonds. The lowest BCUT2D eigenvalue weighted by Gasteiger charge is -2.17. The lowest BCUT2D eigenvalue weighted by molar-refractivity contribution is 0.577. The minimum Gasteiger partial charge on any atom is -0.377 e. The molecule has 1 atom stereocenters. The standard InChI is InChI=1S/C16H18F2N2O/c1-3-8-20-10-13(5-7-16(20)21)19-11(2)14-9-12(17)4-6-15(14)18/h4-7,9-11,19H,3,8H2,1-2H3. The highest BCUT2D eigenvalue weighted by Crippen LogP contribution is 2.22. The predicted molar refractivity (Wildman–Crippen MR) is 79.4 cm³/mol. The molecule has 2 rings (SSSR count). The molecule has 0 fully saturated rings. The Morgan fingerprint density at radius 2 is 2.00 bits per heavy atom. The number of aromatic nitrogens is 1. The lowest BCUT2D eigenvalue weighted by Crippen LogP contribution is -2.19. The van der Waals surface area contributed by atoms with Gasteiger partial charge >= 0.3 is 0 Å². The molecular formula is C16H18F2N2O. The van der Waals surface area contributed by atoms with Gasteiger partial charge in [-0.25, -0.2) is 8.78 Å². The monoisotopic (exact) mass is 292 g/mol. The highest BCUT2D eigenvalue weighted by atomic mass is 19.1. The van der Waals surface area contributed by atoms with Gasteiger partial charge in [0.15, 0.2) is 0 Å². The van der Waals surface area contributed by atoms with Gasteiger partial charge < -0.3 is 9.88 Å². The summed E-state index contributed by atoms with van der Waals surface area (Å²) in [5.41, 5.74) is 0.870. The summed E-state index contributed by atoms with van der Waals surface area (Å²) in [7, 11) is 0. The lowest BCUT2D eigenvalue weighted by atomic mass is 10.1. The van der Waals surface area contributed by atoms with Crippen molar-refractivity contribution in [2.24, 2.45) is 0 Å². The van der Waals surface area contributed by atoms with Gasteiger partial charge in [0.05, 0.1) is 11.7 Å². The fourth-order valence-corrected chi connectivity index (χ4v) is 2.21. The number of rotatable bonds is 5.